The number of anilines is 1. The molecule has 23 heavy (non-hydrogen) atoms. The summed E-state index contributed by atoms with van der Waals surface area (Å²) in [7, 11) is 0. The van der Waals surface area contributed by atoms with Crippen molar-refractivity contribution in [3.8, 4) is 0 Å². The highest BCUT2D eigenvalue weighted by molar-refractivity contribution is 7.22. The van der Waals surface area contributed by atoms with Gasteiger partial charge in [-0.1, -0.05) is 30.7 Å². The van der Waals surface area contributed by atoms with Crippen molar-refractivity contribution in [2.75, 3.05) is 31.1 Å². The van der Waals surface area contributed by atoms with E-state index in [2.05, 4.69) is 37.8 Å². The molecule has 2 heterocycles. The van der Waals surface area contributed by atoms with Crippen molar-refractivity contribution in [1.29, 1.82) is 0 Å². The van der Waals surface area contributed by atoms with E-state index in [-0.39, 0.29) is 0 Å². The number of hydrogen-bond acceptors (Lipinski definition) is 4. The molecule has 1 aromatic carbocycles. The van der Waals surface area contributed by atoms with Gasteiger partial charge in [0.2, 0.25) is 5.91 Å². The minimum Gasteiger partial charge on any atom is -0.345 e. The first-order chi connectivity index (χ1) is 11.1. The molecule has 5 heteroatoms. The first-order valence-electron chi connectivity index (χ1n) is 8.49. The van der Waals surface area contributed by atoms with Crippen molar-refractivity contribution >= 4 is 32.6 Å². The molecule has 0 N–H and O–H groups in total. The Labute approximate surface area is 142 Å². The highest BCUT2D eigenvalue weighted by Gasteiger charge is 2.22. The minimum absolute atomic E-state index is 0.308. The third kappa shape index (κ3) is 3.50. The van der Waals surface area contributed by atoms with Gasteiger partial charge in [-0.3, -0.25) is 4.79 Å². The lowest BCUT2D eigenvalue weighted by atomic mass is 10.1. The lowest BCUT2D eigenvalue weighted by molar-refractivity contribution is -0.131. The number of unbranched alkanes of at least 4 members (excludes halogenated alkanes) is 1. The molecule has 1 aliphatic rings. The number of nitrogens with zero attached hydrogens (tertiary/aromatic N) is 3. The maximum atomic E-state index is 12.1. The molecule has 1 aliphatic heterocycles. The molecule has 1 fully saturated rings. The Morgan fingerprint density at radius 2 is 1.96 bits per heavy atom. The third-order valence-corrected chi connectivity index (χ3v) is 5.53. The molecular formula is C18H25N3OS. The number of hydrogen-bond donors (Lipinski definition) is 0. The first-order valence-corrected chi connectivity index (χ1v) is 9.30. The fraction of sp³-hybridized carbons (Fsp3) is 0.556. The van der Waals surface area contributed by atoms with Gasteiger partial charge in [-0.2, -0.15) is 0 Å². The fourth-order valence-electron chi connectivity index (χ4n) is 3.13. The molecular weight excluding hydrogens is 306 g/mol. The van der Waals surface area contributed by atoms with Crippen molar-refractivity contribution in [1.82, 2.24) is 9.88 Å². The molecule has 0 bridgehead atoms. The second-order valence-corrected chi connectivity index (χ2v) is 7.41. The van der Waals surface area contributed by atoms with Crippen molar-refractivity contribution in [2.24, 2.45) is 0 Å². The summed E-state index contributed by atoms with van der Waals surface area (Å²) in [4.78, 5) is 21.3. The highest BCUT2D eigenvalue weighted by Crippen LogP contribution is 2.32. The molecule has 0 radical (unpaired) electrons. The Morgan fingerprint density at radius 3 is 2.65 bits per heavy atom. The highest BCUT2D eigenvalue weighted by atomic mass is 32.1. The lowest BCUT2D eigenvalue weighted by Crippen LogP contribution is -2.48. The summed E-state index contributed by atoms with van der Waals surface area (Å²) in [5.74, 6) is 0.308. The van der Waals surface area contributed by atoms with Crippen molar-refractivity contribution in [3.63, 3.8) is 0 Å². The number of amides is 1. The summed E-state index contributed by atoms with van der Waals surface area (Å²) in [6.07, 6.45) is 2.77. The van der Waals surface area contributed by atoms with Crippen LogP contribution in [0.1, 0.15) is 37.3 Å². The van der Waals surface area contributed by atoms with Crippen LogP contribution in [-0.2, 0) is 4.79 Å². The molecule has 1 saturated heterocycles. The standard InChI is InChI=1S/C18H25N3OS/c1-4-5-6-16(22)20-7-9-21(10-8-20)18-19-17-14(3)11-13(2)12-15(17)23-18/h11-12H,4-10H2,1-3H3. The molecule has 3 rings (SSSR count). The zero-order valence-electron chi connectivity index (χ0n) is 14.3. The molecule has 124 valence electrons. The van der Waals surface area contributed by atoms with Gasteiger partial charge in [0, 0.05) is 32.6 Å². The Bertz CT molecular complexity index is 702. The second-order valence-electron chi connectivity index (χ2n) is 6.40. The third-order valence-electron chi connectivity index (χ3n) is 4.47. The number of aromatic nitrogens is 1. The number of carbonyl (C=O) groups is 1. The molecule has 2 aromatic rings. The number of fused-ring (bicyclic) bond motifs is 1. The largest absolute Gasteiger partial charge is 0.345 e. The van der Waals surface area contributed by atoms with Crippen LogP contribution in [0, 0.1) is 13.8 Å². The monoisotopic (exact) mass is 331 g/mol. The lowest BCUT2D eigenvalue weighted by Gasteiger charge is -2.34. The van der Waals surface area contributed by atoms with E-state index in [9.17, 15) is 4.79 Å². The SMILES string of the molecule is CCCCC(=O)N1CCN(c2nc3c(C)cc(C)cc3s2)CC1. The number of thiazole rings is 1. The smallest absolute Gasteiger partial charge is 0.222 e. The quantitative estimate of drug-likeness (QED) is 0.856. The van der Waals surface area contributed by atoms with Gasteiger partial charge in [0.1, 0.15) is 0 Å². The van der Waals surface area contributed by atoms with E-state index in [1.54, 1.807) is 11.3 Å². The maximum absolute atomic E-state index is 12.1. The van der Waals surface area contributed by atoms with Gasteiger partial charge in [-0.25, -0.2) is 4.98 Å². The van der Waals surface area contributed by atoms with Gasteiger partial charge in [-0.05, 0) is 37.5 Å². The number of carbonyl (C=O) groups excluding carboxylic acids is 1. The fourth-order valence-corrected chi connectivity index (χ4v) is 4.32. The van der Waals surface area contributed by atoms with E-state index in [1.807, 2.05) is 4.90 Å². The molecule has 0 aliphatic carbocycles. The van der Waals surface area contributed by atoms with E-state index in [1.165, 1.54) is 15.8 Å². The predicted molar refractivity (Wildman–Crippen MR) is 97.4 cm³/mol. The average molecular weight is 331 g/mol. The predicted octanol–water partition coefficient (Wildman–Crippen LogP) is 3.75. The van der Waals surface area contributed by atoms with Gasteiger partial charge in [0.25, 0.3) is 0 Å². The van der Waals surface area contributed by atoms with E-state index < -0.39 is 0 Å². The summed E-state index contributed by atoms with van der Waals surface area (Å²) < 4.78 is 1.26. The number of rotatable bonds is 4. The molecule has 0 saturated carbocycles. The van der Waals surface area contributed by atoms with Crippen molar-refractivity contribution < 1.29 is 4.79 Å². The van der Waals surface area contributed by atoms with Crippen LogP contribution in [0.2, 0.25) is 0 Å². The summed E-state index contributed by atoms with van der Waals surface area (Å²) >= 11 is 1.77. The van der Waals surface area contributed by atoms with Crippen LogP contribution in [0.15, 0.2) is 12.1 Å². The number of piperazine rings is 1. The Morgan fingerprint density at radius 1 is 1.22 bits per heavy atom. The molecule has 1 aromatic heterocycles. The molecule has 0 unspecified atom stereocenters. The second kappa shape index (κ2) is 6.87. The Balaban J connectivity index is 1.68. The van der Waals surface area contributed by atoms with Gasteiger partial charge in [-0.15, -0.1) is 0 Å². The minimum atomic E-state index is 0.308. The van der Waals surface area contributed by atoms with E-state index in [0.29, 0.717) is 12.3 Å². The van der Waals surface area contributed by atoms with Crippen molar-refractivity contribution in [2.45, 2.75) is 40.0 Å². The summed E-state index contributed by atoms with van der Waals surface area (Å²) in [5, 5.41) is 1.09. The number of aryl methyl sites for hydroxylation is 2. The van der Waals surface area contributed by atoms with Gasteiger partial charge in [0.05, 0.1) is 10.2 Å². The van der Waals surface area contributed by atoms with Crippen LogP contribution in [0.3, 0.4) is 0 Å². The first kappa shape index (κ1) is 16.2. The van der Waals surface area contributed by atoms with Gasteiger partial charge in [0.15, 0.2) is 5.13 Å². The Hall–Kier alpha value is -1.62. The average Bonchev–Trinajstić information content (AvgIpc) is 2.97. The number of benzene rings is 1. The van der Waals surface area contributed by atoms with Crippen LogP contribution in [0.5, 0.6) is 0 Å². The zero-order valence-corrected chi connectivity index (χ0v) is 15.1. The summed E-state index contributed by atoms with van der Waals surface area (Å²) in [5.41, 5.74) is 3.66. The molecule has 0 atom stereocenters. The van der Waals surface area contributed by atoms with Crippen LogP contribution in [-0.4, -0.2) is 42.0 Å². The summed E-state index contributed by atoms with van der Waals surface area (Å²) in [6, 6.07) is 4.41. The molecule has 4 nitrogen and oxygen atoms in total. The van der Waals surface area contributed by atoms with Crippen LogP contribution < -0.4 is 4.90 Å². The van der Waals surface area contributed by atoms with Crippen molar-refractivity contribution in [3.05, 3.63) is 23.3 Å². The molecule has 0 spiro atoms. The van der Waals surface area contributed by atoms with Crippen LogP contribution in [0.4, 0.5) is 5.13 Å². The van der Waals surface area contributed by atoms with E-state index in [4.69, 9.17) is 4.98 Å². The van der Waals surface area contributed by atoms with E-state index in [0.717, 1.165) is 49.7 Å². The normalized spacial score (nSPS) is 15.4. The zero-order chi connectivity index (χ0) is 16.4. The Kier molecular flexibility index (Phi) is 4.85. The van der Waals surface area contributed by atoms with Crippen LogP contribution >= 0.6 is 11.3 Å². The summed E-state index contributed by atoms with van der Waals surface area (Å²) in [6.45, 7) is 9.79. The maximum Gasteiger partial charge on any atom is 0.222 e. The van der Waals surface area contributed by atoms with Gasteiger partial charge < -0.3 is 9.80 Å². The van der Waals surface area contributed by atoms with E-state index >= 15 is 0 Å². The van der Waals surface area contributed by atoms with Gasteiger partial charge >= 0.3 is 0 Å². The molecule has 1 amide bonds. The van der Waals surface area contributed by atoms with Crippen LogP contribution in [0.25, 0.3) is 10.2 Å². The topological polar surface area (TPSA) is 36.4 Å².